The highest BCUT2D eigenvalue weighted by molar-refractivity contribution is 5.96. The summed E-state index contributed by atoms with van der Waals surface area (Å²) in [5.41, 5.74) is 3.14. The number of benzene rings is 3. The maximum Gasteiger partial charge on any atom is 0.253 e. The van der Waals surface area contributed by atoms with Crippen molar-refractivity contribution in [3.63, 3.8) is 0 Å². The minimum Gasteiger partial charge on any atom is -0.507 e. The quantitative estimate of drug-likeness (QED) is 0.358. The van der Waals surface area contributed by atoms with Crippen LogP contribution in [0.1, 0.15) is 51.1 Å². The number of hydrogen-bond donors (Lipinski definition) is 4. The minimum atomic E-state index is -0.565. The lowest BCUT2D eigenvalue weighted by molar-refractivity contribution is -0.121. The SMILES string of the molecule is Cl.O=C1CCCN(C(=O)c2cccc(CC3CCNC3)c2)CCNC(=O)c2ccc(F)c(c2)-c2cc(ccc2O)CCN1. The molecule has 0 spiro atoms. The third-order valence-corrected chi connectivity index (χ3v) is 7.96. The molecule has 1 saturated heterocycles. The third-order valence-electron chi connectivity index (χ3n) is 7.96. The summed E-state index contributed by atoms with van der Waals surface area (Å²) in [6.45, 7) is 3.16. The Bertz CT molecular complexity index is 1460. The van der Waals surface area contributed by atoms with E-state index >= 15 is 0 Å². The number of carbonyl (C=O) groups is 3. The van der Waals surface area contributed by atoms with Crippen LogP contribution in [0.25, 0.3) is 11.1 Å². The normalized spacial score (nSPS) is 18.1. The van der Waals surface area contributed by atoms with Crippen molar-refractivity contribution >= 4 is 30.1 Å². The number of hydrogen-bond acceptors (Lipinski definition) is 5. The second-order valence-electron chi connectivity index (χ2n) is 11.1. The molecule has 3 amide bonds. The summed E-state index contributed by atoms with van der Waals surface area (Å²) in [5.74, 6) is -0.798. The van der Waals surface area contributed by atoms with Gasteiger partial charge in [-0.25, -0.2) is 4.39 Å². The van der Waals surface area contributed by atoms with E-state index in [0.717, 1.165) is 37.1 Å². The van der Waals surface area contributed by atoms with Gasteiger partial charge in [-0.2, -0.15) is 0 Å². The van der Waals surface area contributed by atoms with Gasteiger partial charge < -0.3 is 26.0 Å². The van der Waals surface area contributed by atoms with Crippen molar-refractivity contribution < 1.29 is 23.9 Å². The van der Waals surface area contributed by atoms with Crippen molar-refractivity contribution in [2.24, 2.45) is 5.92 Å². The predicted octanol–water partition coefficient (Wildman–Crippen LogP) is 4.10. The van der Waals surface area contributed by atoms with Gasteiger partial charge in [-0.3, -0.25) is 14.4 Å². The molecule has 1 fully saturated rings. The molecule has 0 aromatic heterocycles. The molecule has 2 aliphatic rings. The molecule has 2 heterocycles. The Labute approximate surface area is 257 Å². The van der Waals surface area contributed by atoms with E-state index in [-0.39, 0.29) is 66.2 Å². The van der Waals surface area contributed by atoms with E-state index in [2.05, 4.69) is 16.0 Å². The first-order valence-electron chi connectivity index (χ1n) is 14.6. The Morgan fingerprint density at radius 3 is 2.60 bits per heavy atom. The zero-order chi connectivity index (χ0) is 29.5. The van der Waals surface area contributed by atoms with E-state index in [9.17, 15) is 23.9 Å². The van der Waals surface area contributed by atoms with Crippen molar-refractivity contribution in [3.05, 3.63) is 88.7 Å². The number of carbonyl (C=O) groups excluding carboxylic acids is 3. The molecule has 1 unspecified atom stereocenters. The van der Waals surface area contributed by atoms with Gasteiger partial charge in [-0.1, -0.05) is 18.2 Å². The molecule has 3 aromatic carbocycles. The van der Waals surface area contributed by atoms with E-state index in [1.165, 1.54) is 24.3 Å². The van der Waals surface area contributed by atoms with Gasteiger partial charge in [0, 0.05) is 54.9 Å². The Balaban J connectivity index is 0.00000423. The van der Waals surface area contributed by atoms with Crippen molar-refractivity contribution in [2.45, 2.75) is 32.1 Å². The molecular weight excluding hydrogens is 571 g/mol. The van der Waals surface area contributed by atoms with E-state index in [1.807, 2.05) is 18.2 Å². The highest BCUT2D eigenvalue weighted by Gasteiger charge is 2.20. The van der Waals surface area contributed by atoms with E-state index < -0.39 is 11.7 Å². The fraction of sp³-hybridized carbons (Fsp3) is 0.364. The monoisotopic (exact) mass is 608 g/mol. The van der Waals surface area contributed by atoms with Gasteiger partial charge in [0.2, 0.25) is 5.91 Å². The first-order chi connectivity index (χ1) is 20.4. The maximum atomic E-state index is 14.8. The van der Waals surface area contributed by atoms with Gasteiger partial charge in [-0.15, -0.1) is 12.4 Å². The van der Waals surface area contributed by atoms with Gasteiger partial charge in [0.1, 0.15) is 11.6 Å². The zero-order valence-electron chi connectivity index (χ0n) is 24.0. The summed E-state index contributed by atoms with van der Waals surface area (Å²) < 4.78 is 14.8. The van der Waals surface area contributed by atoms with Crippen molar-refractivity contribution in [1.82, 2.24) is 20.9 Å². The molecule has 2 aliphatic heterocycles. The molecule has 0 aliphatic carbocycles. The van der Waals surface area contributed by atoms with Gasteiger partial charge in [0.05, 0.1) is 0 Å². The summed E-state index contributed by atoms with van der Waals surface area (Å²) in [6.07, 6.45) is 3.24. The van der Waals surface area contributed by atoms with Gasteiger partial charge >= 0.3 is 0 Å². The van der Waals surface area contributed by atoms with Crippen LogP contribution in [0.2, 0.25) is 0 Å². The number of halogens is 2. The molecule has 1 atom stereocenters. The molecular formula is C33H38ClFN4O4. The molecule has 3 aromatic rings. The maximum absolute atomic E-state index is 14.8. The fourth-order valence-corrected chi connectivity index (χ4v) is 5.65. The topological polar surface area (TPSA) is 111 Å². The number of phenolic OH excluding ortho intramolecular Hbond substituents is 1. The van der Waals surface area contributed by atoms with Crippen LogP contribution in [-0.4, -0.2) is 67.0 Å². The molecule has 0 radical (unpaired) electrons. The summed E-state index contributed by atoms with van der Waals surface area (Å²) in [6, 6.07) is 16.6. The largest absolute Gasteiger partial charge is 0.507 e. The highest BCUT2D eigenvalue weighted by atomic mass is 35.5. The molecule has 4 N–H and O–H groups in total. The Hall–Kier alpha value is -3.95. The Morgan fingerprint density at radius 2 is 1.79 bits per heavy atom. The van der Waals surface area contributed by atoms with Gasteiger partial charge in [0.15, 0.2) is 0 Å². The standard InChI is InChI=1S/C33H37FN4O4.ClH/c34-29-8-7-25-20-27(29)28-19-22(6-9-30(28)39)11-13-36-31(40)5-2-15-38(16-14-37-32(25)41)33(42)26-4-1-3-23(18-26)17-24-10-12-35-21-24;/h1,3-4,6-9,18-20,24,35,39H,2,5,10-17,21H2,(H,36,40)(H,37,41);1H. The number of rotatable bonds is 3. The van der Waals surface area contributed by atoms with Crippen LogP contribution >= 0.6 is 12.4 Å². The smallest absolute Gasteiger partial charge is 0.253 e. The summed E-state index contributed by atoms with van der Waals surface area (Å²) >= 11 is 0. The Kier molecular flexibility index (Phi) is 11.1. The van der Waals surface area contributed by atoms with E-state index in [0.29, 0.717) is 37.4 Å². The number of fused-ring (bicyclic) bond motifs is 5. The lowest BCUT2D eigenvalue weighted by atomic mass is 9.97. The summed E-state index contributed by atoms with van der Waals surface area (Å²) in [7, 11) is 0. The summed E-state index contributed by atoms with van der Waals surface area (Å²) in [4.78, 5) is 40.9. The third kappa shape index (κ3) is 8.33. The van der Waals surface area contributed by atoms with Crippen LogP contribution in [0, 0.1) is 11.7 Å². The first kappa shape index (κ1) is 32.0. The second kappa shape index (κ2) is 15.0. The zero-order valence-corrected chi connectivity index (χ0v) is 24.9. The Morgan fingerprint density at radius 1 is 0.930 bits per heavy atom. The number of nitrogens with one attached hydrogen (secondary N) is 3. The molecule has 4 bridgehead atoms. The van der Waals surface area contributed by atoms with Gasteiger partial charge in [-0.05, 0) is 98.3 Å². The second-order valence-corrected chi connectivity index (χ2v) is 11.1. The average Bonchev–Trinajstić information content (AvgIpc) is 3.50. The van der Waals surface area contributed by atoms with Crippen molar-refractivity contribution in [3.8, 4) is 16.9 Å². The number of phenols is 1. The van der Waals surface area contributed by atoms with Crippen LogP contribution in [0.3, 0.4) is 0 Å². The van der Waals surface area contributed by atoms with Crippen LogP contribution < -0.4 is 16.0 Å². The first-order valence-corrected chi connectivity index (χ1v) is 14.6. The average molecular weight is 609 g/mol. The molecule has 5 rings (SSSR count). The molecule has 228 valence electrons. The van der Waals surface area contributed by atoms with Gasteiger partial charge in [0.25, 0.3) is 11.8 Å². The van der Waals surface area contributed by atoms with Crippen LogP contribution in [-0.2, 0) is 17.6 Å². The molecule has 0 saturated carbocycles. The van der Waals surface area contributed by atoms with Crippen LogP contribution in [0.15, 0.2) is 60.7 Å². The van der Waals surface area contributed by atoms with E-state index in [4.69, 9.17) is 0 Å². The lowest BCUT2D eigenvalue weighted by Crippen LogP contribution is -2.39. The fourth-order valence-electron chi connectivity index (χ4n) is 5.65. The van der Waals surface area contributed by atoms with Crippen molar-refractivity contribution in [1.29, 1.82) is 0 Å². The lowest BCUT2D eigenvalue weighted by Gasteiger charge is -2.23. The molecule has 10 heteroatoms. The molecule has 43 heavy (non-hydrogen) atoms. The summed E-state index contributed by atoms with van der Waals surface area (Å²) in [5, 5.41) is 19.6. The highest BCUT2D eigenvalue weighted by Crippen LogP contribution is 2.33. The van der Waals surface area contributed by atoms with Crippen LogP contribution in [0.4, 0.5) is 4.39 Å². The van der Waals surface area contributed by atoms with E-state index in [1.54, 1.807) is 23.1 Å². The molecule has 8 nitrogen and oxygen atoms in total. The number of nitrogens with zero attached hydrogens (tertiary/aromatic N) is 1. The predicted molar refractivity (Wildman–Crippen MR) is 166 cm³/mol. The minimum absolute atomic E-state index is 0. The number of amides is 3. The van der Waals surface area contributed by atoms with Crippen molar-refractivity contribution in [2.75, 3.05) is 39.3 Å². The number of aromatic hydroxyl groups is 1. The van der Waals surface area contributed by atoms with Crippen LogP contribution in [0.5, 0.6) is 5.75 Å².